The highest BCUT2D eigenvalue weighted by Crippen LogP contribution is 1.95. The fraction of sp³-hybridized carbons (Fsp3) is 0.182. The first-order chi connectivity index (χ1) is 9.16. The van der Waals surface area contributed by atoms with Gasteiger partial charge in [-0.25, -0.2) is 14.8 Å². The van der Waals surface area contributed by atoms with Crippen LogP contribution < -0.4 is 5.32 Å². The zero-order chi connectivity index (χ0) is 13.7. The average molecular weight is 261 g/mol. The second-order valence-electron chi connectivity index (χ2n) is 3.65. The molecule has 19 heavy (non-hydrogen) atoms. The molecule has 0 aromatic carbocycles. The third-order valence-corrected chi connectivity index (χ3v) is 2.30. The van der Waals surface area contributed by atoms with E-state index in [0.717, 1.165) is 0 Å². The minimum absolute atomic E-state index is 0.0275. The molecule has 98 valence electrons. The number of rotatable bonds is 5. The van der Waals surface area contributed by atoms with Gasteiger partial charge in [0.2, 0.25) is 0 Å². The lowest BCUT2D eigenvalue weighted by Crippen LogP contribution is -2.27. The van der Waals surface area contributed by atoms with Gasteiger partial charge >= 0.3 is 5.97 Å². The molecule has 0 aliphatic heterocycles. The molecule has 8 heteroatoms. The molecule has 1 amide bonds. The summed E-state index contributed by atoms with van der Waals surface area (Å²) in [5, 5.41) is 11.3. The predicted molar refractivity (Wildman–Crippen MR) is 63.6 cm³/mol. The van der Waals surface area contributed by atoms with E-state index >= 15 is 0 Å². The average Bonchev–Trinajstić information content (AvgIpc) is 2.89. The normalized spacial score (nSPS) is 10.1. The molecule has 0 unspecified atom stereocenters. The van der Waals surface area contributed by atoms with Crippen LogP contribution in [0.3, 0.4) is 0 Å². The van der Waals surface area contributed by atoms with Crippen LogP contribution in [0.5, 0.6) is 0 Å². The molecule has 0 spiro atoms. The Balaban J connectivity index is 1.83. The van der Waals surface area contributed by atoms with Gasteiger partial charge < -0.3 is 15.0 Å². The SMILES string of the molecule is O=C(O)c1cn(CCNC(=O)c2cnccn2)cn1. The summed E-state index contributed by atoms with van der Waals surface area (Å²) in [4.78, 5) is 33.6. The molecule has 0 saturated heterocycles. The maximum absolute atomic E-state index is 11.6. The molecule has 0 fully saturated rings. The summed E-state index contributed by atoms with van der Waals surface area (Å²) in [5.41, 5.74) is 0.208. The van der Waals surface area contributed by atoms with Crippen molar-refractivity contribution < 1.29 is 14.7 Å². The van der Waals surface area contributed by atoms with Crippen molar-refractivity contribution in [1.29, 1.82) is 0 Å². The number of amides is 1. The maximum atomic E-state index is 11.6. The highest BCUT2D eigenvalue weighted by atomic mass is 16.4. The van der Waals surface area contributed by atoms with Crippen LogP contribution in [0.2, 0.25) is 0 Å². The van der Waals surface area contributed by atoms with E-state index in [1.165, 1.54) is 31.1 Å². The number of carbonyl (C=O) groups is 2. The molecule has 2 heterocycles. The van der Waals surface area contributed by atoms with Crippen LogP contribution in [0.1, 0.15) is 21.0 Å². The quantitative estimate of drug-likeness (QED) is 0.771. The standard InChI is InChI=1S/C11H11N5O3/c17-10(8-5-12-1-2-13-8)14-3-4-16-6-9(11(18)19)15-7-16/h1-2,5-7H,3-4H2,(H,14,17)(H,18,19). The summed E-state index contributed by atoms with van der Waals surface area (Å²) in [6.07, 6.45) is 7.09. The fourth-order valence-corrected chi connectivity index (χ4v) is 1.40. The number of carboxylic acid groups (broad SMARTS) is 1. The second kappa shape index (κ2) is 5.71. The van der Waals surface area contributed by atoms with Gasteiger partial charge in [-0.15, -0.1) is 0 Å². The Morgan fingerprint density at radius 3 is 2.74 bits per heavy atom. The van der Waals surface area contributed by atoms with Gasteiger partial charge in [0, 0.05) is 31.7 Å². The smallest absolute Gasteiger partial charge is 0.356 e. The van der Waals surface area contributed by atoms with Crippen LogP contribution in [0, 0.1) is 0 Å². The highest BCUT2D eigenvalue weighted by Gasteiger charge is 2.08. The van der Waals surface area contributed by atoms with Crippen molar-refractivity contribution in [2.45, 2.75) is 6.54 Å². The van der Waals surface area contributed by atoms with Gasteiger partial charge in [0.05, 0.1) is 12.5 Å². The van der Waals surface area contributed by atoms with Gasteiger partial charge in [-0.05, 0) is 0 Å². The Morgan fingerprint density at radius 1 is 1.26 bits per heavy atom. The minimum atomic E-state index is -1.08. The van der Waals surface area contributed by atoms with Crippen molar-refractivity contribution in [2.24, 2.45) is 0 Å². The first-order valence-electron chi connectivity index (χ1n) is 5.46. The monoisotopic (exact) mass is 261 g/mol. The summed E-state index contributed by atoms with van der Waals surface area (Å²) in [7, 11) is 0. The summed E-state index contributed by atoms with van der Waals surface area (Å²) >= 11 is 0. The minimum Gasteiger partial charge on any atom is -0.476 e. The molecule has 0 aliphatic rings. The Morgan fingerprint density at radius 2 is 2.11 bits per heavy atom. The molecule has 2 aromatic rings. The summed E-state index contributed by atoms with van der Waals surface area (Å²) < 4.78 is 1.58. The lowest BCUT2D eigenvalue weighted by atomic mass is 10.4. The van der Waals surface area contributed by atoms with E-state index in [9.17, 15) is 9.59 Å². The molecule has 0 aliphatic carbocycles. The largest absolute Gasteiger partial charge is 0.476 e. The Labute approximate surface area is 108 Å². The number of aromatic carboxylic acids is 1. The van der Waals surface area contributed by atoms with Gasteiger partial charge in [0.1, 0.15) is 5.69 Å². The number of nitrogens with one attached hydrogen (secondary N) is 1. The molecule has 0 bridgehead atoms. The molecule has 2 rings (SSSR count). The van der Waals surface area contributed by atoms with Crippen LogP contribution >= 0.6 is 0 Å². The second-order valence-corrected chi connectivity index (χ2v) is 3.65. The van der Waals surface area contributed by atoms with E-state index in [1.807, 2.05) is 0 Å². The summed E-state index contributed by atoms with van der Waals surface area (Å²) in [5.74, 6) is -1.41. The van der Waals surface area contributed by atoms with Crippen LogP contribution in [0.25, 0.3) is 0 Å². The van der Waals surface area contributed by atoms with Crippen LogP contribution in [-0.4, -0.2) is 43.0 Å². The number of aromatic nitrogens is 4. The number of nitrogens with zero attached hydrogens (tertiary/aromatic N) is 4. The lowest BCUT2D eigenvalue weighted by molar-refractivity contribution is 0.0690. The van der Waals surface area contributed by atoms with Crippen LogP contribution in [-0.2, 0) is 6.54 Å². The maximum Gasteiger partial charge on any atom is 0.356 e. The predicted octanol–water partition coefficient (Wildman–Crippen LogP) is -0.199. The number of carboxylic acids is 1. The summed E-state index contributed by atoms with van der Waals surface area (Å²) in [6, 6.07) is 0. The molecule has 0 radical (unpaired) electrons. The highest BCUT2D eigenvalue weighted by molar-refractivity contribution is 5.91. The van der Waals surface area contributed by atoms with E-state index in [1.54, 1.807) is 4.57 Å². The molecule has 8 nitrogen and oxygen atoms in total. The zero-order valence-electron chi connectivity index (χ0n) is 9.85. The molecular formula is C11H11N5O3. The van der Waals surface area contributed by atoms with Gasteiger partial charge in [0.15, 0.2) is 5.69 Å². The number of imidazole rings is 1. The Hall–Kier alpha value is -2.77. The van der Waals surface area contributed by atoms with Crippen LogP contribution in [0.15, 0.2) is 31.1 Å². The number of carbonyl (C=O) groups excluding carboxylic acids is 1. The number of hydrogen-bond acceptors (Lipinski definition) is 5. The topological polar surface area (TPSA) is 110 Å². The molecule has 0 saturated carbocycles. The van der Waals surface area contributed by atoms with Crippen molar-refractivity contribution in [3.63, 3.8) is 0 Å². The van der Waals surface area contributed by atoms with E-state index in [-0.39, 0.29) is 17.3 Å². The van der Waals surface area contributed by atoms with E-state index in [2.05, 4.69) is 20.3 Å². The van der Waals surface area contributed by atoms with E-state index in [0.29, 0.717) is 13.1 Å². The third-order valence-electron chi connectivity index (χ3n) is 2.30. The molecule has 2 N–H and O–H groups in total. The molecular weight excluding hydrogens is 250 g/mol. The molecule has 2 aromatic heterocycles. The van der Waals surface area contributed by atoms with Crippen LogP contribution in [0.4, 0.5) is 0 Å². The Kier molecular flexibility index (Phi) is 3.81. The first kappa shape index (κ1) is 12.7. The van der Waals surface area contributed by atoms with Crippen molar-refractivity contribution in [1.82, 2.24) is 24.8 Å². The van der Waals surface area contributed by atoms with E-state index < -0.39 is 5.97 Å². The van der Waals surface area contributed by atoms with Gasteiger partial charge in [0.25, 0.3) is 5.91 Å². The fourth-order valence-electron chi connectivity index (χ4n) is 1.40. The van der Waals surface area contributed by atoms with Gasteiger partial charge in [-0.1, -0.05) is 0 Å². The number of hydrogen-bond donors (Lipinski definition) is 2. The molecule has 0 atom stereocenters. The summed E-state index contributed by atoms with van der Waals surface area (Å²) in [6.45, 7) is 0.761. The third kappa shape index (κ3) is 3.35. The van der Waals surface area contributed by atoms with Crippen molar-refractivity contribution in [3.8, 4) is 0 Å². The van der Waals surface area contributed by atoms with Gasteiger partial charge in [-0.3, -0.25) is 9.78 Å². The van der Waals surface area contributed by atoms with Gasteiger partial charge in [-0.2, -0.15) is 0 Å². The van der Waals surface area contributed by atoms with Crippen molar-refractivity contribution in [2.75, 3.05) is 6.54 Å². The Bertz CT molecular complexity index is 581. The lowest BCUT2D eigenvalue weighted by Gasteiger charge is -2.04. The van der Waals surface area contributed by atoms with E-state index in [4.69, 9.17) is 5.11 Å². The first-order valence-corrected chi connectivity index (χ1v) is 5.46. The van der Waals surface area contributed by atoms with Crippen molar-refractivity contribution >= 4 is 11.9 Å². The van der Waals surface area contributed by atoms with Crippen molar-refractivity contribution in [3.05, 3.63) is 42.5 Å². The zero-order valence-corrected chi connectivity index (χ0v) is 9.85.